The number of hydrogen-bond acceptors (Lipinski definition) is 5. The first-order valence-electron chi connectivity index (χ1n) is 5.28. The molecule has 0 fully saturated rings. The third-order valence-corrected chi connectivity index (χ3v) is 4.55. The number of carbonyl (C=O) groups excluding carboxylic acids is 2. The van der Waals surface area contributed by atoms with Gasteiger partial charge in [0.2, 0.25) is 0 Å². The van der Waals surface area contributed by atoms with Crippen LogP contribution >= 0.6 is 10.7 Å². The number of halogens is 1. The Morgan fingerprint density at radius 1 is 1.16 bits per heavy atom. The molecule has 19 heavy (non-hydrogen) atoms. The lowest BCUT2D eigenvalue weighted by Crippen LogP contribution is -2.14. The zero-order valence-corrected chi connectivity index (χ0v) is 12.5. The first-order valence-corrected chi connectivity index (χ1v) is 7.59. The second-order valence-corrected chi connectivity index (χ2v) is 6.54. The summed E-state index contributed by atoms with van der Waals surface area (Å²) in [6.45, 7) is 4.48. The lowest BCUT2D eigenvalue weighted by molar-refractivity contribution is 0.0598. The molecule has 1 rings (SSSR count). The van der Waals surface area contributed by atoms with E-state index in [2.05, 4.69) is 4.74 Å². The lowest BCUT2D eigenvalue weighted by atomic mass is 9.94. The van der Waals surface area contributed by atoms with Crippen molar-refractivity contribution in [3.63, 3.8) is 0 Å². The summed E-state index contributed by atoms with van der Waals surface area (Å²) in [5.41, 5.74) is 0.968. The van der Waals surface area contributed by atoms with Crippen LogP contribution in [0.4, 0.5) is 0 Å². The van der Waals surface area contributed by atoms with Gasteiger partial charge in [-0.25, -0.2) is 13.2 Å². The second-order valence-electron chi connectivity index (χ2n) is 4.04. The maximum atomic E-state index is 11.7. The van der Waals surface area contributed by atoms with Crippen LogP contribution in [0.15, 0.2) is 4.90 Å². The van der Waals surface area contributed by atoms with Crippen LogP contribution in [0.3, 0.4) is 0 Å². The van der Waals surface area contributed by atoms with E-state index in [0.29, 0.717) is 11.8 Å². The summed E-state index contributed by atoms with van der Waals surface area (Å²) in [5.74, 6) is -0.709. The molecular formula is C12H13ClO5S. The summed E-state index contributed by atoms with van der Waals surface area (Å²) in [4.78, 5) is 22.6. The van der Waals surface area contributed by atoms with E-state index in [1.54, 1.807) is 6.92 Å². The summed E-state index contributed by atoms with van der Waals surface area (Å²) in [6, 6.07) is 0. The van der Waals surface area contributed by atoms with Crippen molar-refractivity contribution < 1.29 is 22.7 Å². The molecular weight excluding hydrogens is 292 g/mol. The highest BCUT2D eigenvalue weighted by atomic mass is 35.7. The molecule has 0 aliphatic carbocycles. The number of methoxy groups -OCH3 is 1. The molecule has 0 unspecified atom stereocenters. The van der Waals surface area contributed by atoms with Gasteiger partial charge >= 0.3 is 5.97 Å². The van der Waals surface area contributed by atoms with E-state index < -0.39 is 15.0 Å². The monoisotopic (exact) mass is 304 g/mol. The fourth-order valence-corrected chi connectivity index (χ4v) is 3.80. The van der Waals surface area contributed by atoms with Crippen molar-refractivity contribution in [1.29, 1.82) is 0 Å². The number of ether oxygens (including phenoxy) is 1. The van der Waals surface area contributed by atoms with Crippen LogP contribution in [0.2, 0.25) is 0 Å². The SMILES string of the molecule is COC(=O)c1c(C)c(C=O)c(C)c(S(=O)(=O)Cl)c1C. The van der Waals surface area contributed by atoms with Crippen LogP contribution in [0.1, 0.15) is 37.4 Å². The first-order chi connectivity index (χ1) is 8.66. The summed E-state index contributed by atoms with van der Waals surface area (Å²) < 4.78 is 27.8. The number of aldehydes is 1. The predicted octanol–water partition coefficient (Wildman–Crippen LogP) is 2.14. The molecule has 5 nitrogen and oxygen atoms in total. The van der Waals surface area contributed by atoms with E-state index in [-0.39, 0.29) is 27.1 Å². The van der Waals surface area contributed by atoms with Crippen LogP contribution < -0.4 is 0 Å². The molecule has 0 atom stereocenters. The highest BCUT2D eigenvalue weighted by Crippen LogP contribution is 2.32. The molecule has 0 aliphatic heterocycles. The van der Waals surface area contributed by atoms with E-state index in [0.717, 1.165) is 0 Å². The molecule has 0 amide bonds. The Morgan fingerprint density at radius 2 is 1.68 bits per heavy atom. The third kappa shape index (κ3) is 2.64. The highest BCUT2D eigenvalue weighted by molar-refractivity contribution is 8.13. The molecule has 0 heterocycles. The topological polar surface area (TPSA) is 77.5 Å². The predicted molar refractivity (Wildman–Crippen MR) is 70.4 cm³/mol. The van der Waals surface area contributed by atoms with Gasteiger partial charge in [0, 0.05) is 16.2 Å². The Labute approximate surface area is 115 Å². The molecule has 104 valence electrons. The number of rotatable bonds is 3. The minimum Gasteiger partial charge on any atom is -0.465 e. The van der Waals surface area contributed by atoms with Crippen molar-refractivity contribution >= 4 is 32.0 Å². The summed E-state index contributed by atoms with van der Waals surface area (Å²) >= 11 is 0. The number of esters is 1. The van der Waals surface area contributed by atoms with Crippen molar-refractivity contribution in [2.45, 2.75) is 25.7 Å². The first kappa shape index (κ1) is 15.7. The molecule has 0 aliphatic rings. The van der Waals surface area contributed by atoms with Crippen molar-refractivity contribution in [3.05, 3.63) is 27.8 Å². The molecule has 0 spiro atoms. The molecule has 1 aromatic rings. The van der Waals surface area contributed by atoms with E-state index in [1.807, 2.05) is 0 Å². The van der Waals surface area contributed by atoms with Crippen LogP contribution in [0.5, 0.6) is 0 Å². The average molecular weight is 305 g/mol. The Bertz CT molecular complexity index is 661. The normalized spacial score (nSPS) is 11.2. The molecule has 0 bridgehead atoms. The average Bonchev–Trinajstić information content (AvgIpc) is 2.26. The molecule has 7 heteroatoms. The Balaban J connectivity index is 3.98. The summed E-state index contributed by atoms with van der Waals surface area (Å²) in [7, 11) is 2.48. The zero-order valence-electron chi connectivity index (χ0n) is 10.9. The van der Waals surface area contributed by atoms with Gasteiger partial charge in [-0.15, -0.1) is 0 Å². The van der Waals surface area contributed by atoms with Gasteiger partial charge in [0.25, 0.3) is 9.05 Å². The van der Waals surface area contributed by atoms with E-state index in [4.69, 9.17) is 10.7 Å². The minimum atomic E-state index is -4.07. The van der Waals surface area contributed by atoms with Crippen molar-refractivity contribution in [2.24, 2.45) is 0 Å². The van der Waals surface area contributed by atoms with Gasteiger partial charge < -0.3 is 4.74 Å². The van der Waals surface area contributed by atoms with Crippen molar-refractivity contribution in [1.82, 2.24) is 0 Å². The smallest absolute Gasteiger partial charge is 0.338 e. The van der Waals surface area contributed by atoms with Gasteiger partial charge in [-0.1, -0.05) is 0 Å². The van der Waals surface area contributed by atoms with Crippen LogP contribution in [-0.2, 0) is 13.8 Å². The van der Waals surface area contributed by atoms with Crippen LogP contribution in [0, 0.1) is 20.8 Å². The highest BCUT2D eigenvalue weighted by Gasteiger charge is 2.27. The molecule has 1 aromatic carbocycles. The Hall–Kier alpha value is -1.40. The number of carbonyl (C=O) groups is 2. The second kappa shape index (κ2) is 5.30. The van der Waals surface area contributed by atoms with Crippen molar-refractivity contribution in [3.8, 4) is 0 Å². The van der Waals surface area contributed by atoms with Gasteiger partial charge in [-0.2, -0.15) is 0 Å². The fraction of sp³-hybridized carbons (Fsp3) is 0.333. The third-order valence-electron chi connectivity index (χ3n) is 2.99. The number of hydrogen-bond donors (Lipinski definition) is 0. The lowest BCUT2D eigenvalue weighted by Gasteiger charge is -2.16. The summed E-state index contributed by atoms with van der Waals surface area (Å²) in [5, 5.41) is 0. The number of benzene rings is 1. The largest absolute Gasteiger partial charge is 0.465 e. The summed E-state index contributed by atoms with van der Waals surface area (Å²) in [6.07, 6.45) is 0.502. The zero-order chi connectivity index (χ0) is 15.0. The van der Waals surface area contributed by atoms with Gasteiger partial charge in [0.15, 0.2) is 6.29 Å². The quantitative estimate of drug-likeness (QED) is 0.486. The minimum absolute atomic E-state index is 0.0504. The molecule has 0 N–H and O–H groups in total. The molecule has 0 aromatic heterocycles. The van der Waals surface area contributed by atoms with E-state index in [9.17, 15) is 18.0 Å². The Morgan fingerprint density at radius 3 is 2.05 bits per heavy atom. The maximum Gasteiger partial charge on any atom is 0.338 e. The van der Waals surface area contributed by atoms with Crippen LogP contribution in [0.25, 0.3) is 0 Å². The molecule has 0 saturated heterocycles. The van der Waals surface area contributed by atoms with Gasteiger partial charge in [-0.05, 0) is 37.5 Å². The fourth-order valence-electron chi connectivity index (χ4n) is 2.17. The van der Waals surface area contributed by atoms with Gasteiger partial charge in [-0.3, -0.25) is 4.79 Å². The molecule has 0 saturated carbocycles. The van der Waals surface area contributed by atoms with Gasteiger partial charge in [0.05, 0.1) is 17.6 Å². The Kier molecular flexibility index (Phi) is 4.37. The van der Waals surface area contributed by atoms with Crippen LogP contribution in [-0.4, -0.2) is 27.8 Å². The van der Waals surface area contributed by atoms with Gasteiger partial charge in [0.1, 0.15) is 0 Å². The maximum absolute atomic E-state index is 11.7. The standard InChI is InChI=1S/C12H13ClO5S/c1-6-9(5-14)7(2)11(19(13,16)17)8(3)10(6)12(15)18-4/h5H,1-4H3. The van der Waals surface area contributed by atoms with Crippen molar-refractivity contribution in [2.75, 3.05) is 7.11 Å². The van der Waals surface area contributed by atoms with E-state index >= 15 is 0 Å². The van der Waals surface area contributed by atoms with E-state index in [1.165, 1.54) is 21.0 Å². The molecule has 0 radical (unpaired) electrons.